The summed E-state index contributed by atoms with van der Waals surface area (Å²) < 4.78 is 2.08. The van der Waals surface area contributed by atoms with Gasteiger partial charge in [0.2, 0.25) is 0 Å². The Morgan fingerprint density at radius 1 is 1.11 bits per heavy atom. The molecule has 0 fully saturated rings. The highest BCUT2D eigenvalue weighted by molar-refractivity contribution is 5.80. The molecule has 5 nitrogen and oxygen atoms in total. The zero-order valence-corrected chi connectivity index (χ0v) is 15.7. The first-order valence-corrected chi connectivity index (χ1v) is 9.38. The Balaban J connectivity index is 1.39. The van der Waals surface area contributed by atoms with Crippen molar-refractivity contribution >= 4 is 5.96 Å². The van der Waals surface area contributed by atoms with Gasteiger partial charge in [-0.05, 0) is 28.7 Å². The van der Waals surface area contributed by atoms with E-state index in [0.29, 0.717) is 0 Å². The van der Waals surface area contributed by atoms with Gasteiger partial charge in [0.1, 0.15) is 0 Å². The number of imidazole rings is 1. The summed E-state index contributed by atoms with van der Waals surface area (Å²) >= 11 is 0. The second-order valence-electron chi connectivity index (χ2n) is 6.90. The minimum absolute atomic E-state index is 0.766. The smallest absolute Gasteiger partial charge is 0.194 e. The summed E-state index contributed by atoms with van der Waals surface area (Å²) in [7, 11) is 1.86. The number of hydrogen-bond acceptors (Lipinski definition) is 2. The van der Waals surface area contributed by atoms with Crippen LogP contribution in [-0.2, 0) is 26.1 Å². The minimum Gasteiger partial charge on any atom is -0.352 e. The number of aliphatic imine (C=N–C) groups is 1. The van der Waals surface area contributed by atoms with E-state index in [4.69, 9.17) is 0 Å². The number of benzene rings is 2. The van der Waals surface area contributed by atoms with Crippen LogP contribution >= 0.6 is 0 Å². The highest BCUT2D eigenvalue weighted by Crippen LogP contribution is 2.18. The normalized spacial score (nSPS) is 14.1. The van der Waals surface area contributed by atoms with E-state index < -0.39 is 0 Å². The van der Waals surface area contributed by atoms with Crippen LogP contribution in [0, 0.1) is 0 Å². The van der Waals surface area contributed by atoms with Gasteiger partial charge < -0.3 is 14.8 Å². The standard InChI is InChI=1S/C22H25N5/c1-23-22(27-11-9-20-7-2-3-8-21(20)16-27)25-14-18-5-4-6-19(13-18)15-26-12-10-24-17-26/h2-8,10,12-13,17H,9,11,14-16H2,1H3,(H,23,25). The summed E-state index contributed by atoms with van der Waals surface area (Å²) in [5, 5.41) is 3.53. The van der Waals surface area contributed by atoms with E-state index in [2.05, 4.69) is 73.3 Å². The fourth-order valence-corrected chi connectivity index (χ4v) is 3.62. The molecule has 4 rings (SSSR count). The van der Waals surface area contributed by atoms with Crippen molar-refractivity contribution in [1.82, 2.24) is 19.8 Å². The van der Waals surface area contributed by atoms with Gasteiger partial charge in [-0.15, -0.1) is 0 Å². The SMILES string of the molecule is CN=C(NCc1cccc(Cn2ccnc2)c1)N1CCc2ccccc2C1. The summed E-state index contributed by atoms with van der Waals surface area (Å²) in [6.07, 6.45) is 6.71. The van der Waals surface area contributed by atoms with E-state index in [1.807, 2.05) is 25.8 Å². The molecule has 2 heterocycles. The van der Waals surface area contributed by atoms with Crippen LogP contribution in [0.1, 0.15) is 22.3 Å². The maximum Gasteiger partial charge on any atom is 0.194 e. The van der Waals surface area contributed by atoms with Crippen LogP contribution in [0.5, 0.6) is 0 Å². The van der Waals surface area contributed by atoms with Gasteiger partial charge in [0.15, 0.2) is 5.96 Å². The fourth-order valence-electron chi connectivity index (χ4n) is 3.62. The van der Waals surface area contributed by atoms with Gasteiger partial charge in [-0.3, -0.25) is 4.99 Å². The first kappa shape index (κ1) is 17.3. The minimum atomic E-state index is 0.766. The van der Waals surface area contributed by atoms with Crippen molar-refractivity contribution in [3.05, 3.63) is 89.5 Å². The number of nitrogens with zero attached hydrogens (tertiary/aromatic N) is 4. The van der Waals surface area contributed by atoms with Gasteiger partial charge in [0, 0.05) is 45.6 Å². The van der Waals surface area contributed by atoms with Crippen LogP contribution in [0.15, 0.2) is 72.2 Å². The Morgan fingerprint density at radius 2 is 1.96 bits per heavy atom. The number of rotatable bonds is 4. The third-order valence-electron chi connectivity index (χ3n) is 5.01. The molecule has 0 amide bonds. The molecule has 0 bridgehead atoms. The van der Waals surface area contributed by atoms with Crippen LogP contribution in [0.2, 0.25) is 0 Å². The highest BCUT2D eigenvalue weighted by atomic mass is 15.3. The van der Waals surface area contributed by atoms with Crippen molar-refractivity contribution in [2.45, 2.75) is 26.1 Å². The monoisotopic (exact) mass is 359 g/mol. The van der Waals surface area contributed by atoms with Crippen molar-refractivity contribution in [2.75, 3.05) is 13.6 Å². The number of guanidine groups is 1. The molecule has 3 aromatic rings. The third kappa shape index (κ3) is 4.19. The molecule has 1 aliphatic rings. The maximum absolute atomic E-state index is 4.50. The fraction of sp³-hybridized carbons (Fsp3) is 0.273. The highest BCUT2D eigenvalue weighted by Gasteiger charge is 2.18. The van der Waals surface area contributed by atoms with Crippen LogP contribution in [0.3, 0.4) is 0 Å². The molecule has 0 aliphatic carbocycles. The molecule has 0 saturated heterocycles. The van der Waals surface area contributed by atoms with E-state index in [0.717, 1.165) is 38.6 Å². The molecule has 5 heteroatoms. The number of hydrogen-bond donors (Lipinski definition) is 1. The lowest BCUT2D eigenvalue weighted by Gasteiger charge is -2.31. The Hall–Kier alpha value is -3.08. The Labute approximate surface area is 160 Å². The lowest BCUT2D eigenvalue weighted by Crippen LogP contribution is -2.43. The first-order chi connectivity index (χ1) is 13.3. The summed E-state index contributed by atoms with van der Waals surface area (Å²) in [5.74, 6) is 0.963. The molecule has 0 spiro atoms. The summed E-state index contributed by atoms with van der Waals surface area (Å²) in [6, 6.07) is 17.4. The second-order valence-corrected chi connectivity index (χ2v) is 6.90. The average Bonchev–Trinajstić information content (AvgIpc) is 3.22. The van der Waals surface area contributed by atoms with Crippen LogP contribution in [0.25, 0.3) is 0 Å². The Kier molecular flexibility index (Phi) is 5.19. The van der Waals surface area contributed by atoms with Crippen LogP contribution < -0.4 is 5.32 Å². The number of fused-ring (bicyclic) bond motifs is 1. The summed E-state index contributed by atoms with van der Waals surface area (Å²) in [4.78, 5) is 10.9. The molecular formula is C22H25N5. The van der Waals surface area contributed by atoms with Crippen LogP contribution in [0.4, 0.5) is 0 Å². The Morgan fingerprint density at radius 3 is 2.78 bits per heavy atom. The molecule has 0 unspecified atom stereocenters. The summed E-state index contributed by atoms with van der Waals surface area (Å²) in [6.45, 7) is 3.52. The van der Waals surface area contributed by atoms with Crippen molar-refractivity contribution in [2.24, 2.45) is 4.99 Å². The first-order valence-electron chi connectivity index (χ1n) is 9.38. The number of aromatic nitrogens is 2. The van der Waals surface area contributed by atoms with Gasteiger partial charge in [-0.2, -0.15) is 0 Å². The van der Waals surface area contributed by atoms with Gasteiger partial charge in [0.05, 0.1) is 6.33 Å². The van der Waals surface area contributed by atoms with Crippen molar-refractivity contribution in [3.8, 4) is 0 Å². The molecule has 0 saturated carbocycles. The molecule has 1 aromatic heterocycles. The largest absolute Gasteiger partial charge is 0.352 e. The topological polar surface area (TPSA) is 45.5 Å². The predicted molar refractivity (Wildman–Crippen MR) is 109 cm³/mol. The molecule has 0 radical (unpaired) electrons. The third-order valence-corrected chi connectivity index (χ3v) is 5.01. The molecule has 1 aliphatic heterocycles. The van der Waals surface area contributed by atoms with Crippen molar-refractivity contribution < 1.29 is 0 Å². The maximum atomic E-state index is 4.50. The van der Waals surface area contributed by atoms with E-state index in [1.54, 1.807) is 0 Å². The molecule has 2 aromatic carbocycles. The number of nitrogens with one attached hydrogen (secondary N) is 1. The van der Waals surface area contributed by atoms with Gasteiger partial charge in [-0.1, -0.05) is 48.5 Å². The van der Waals surface area contributed by atoms with E-state index >= 15 is 0 Å². The van der Waals surface area contributed by atoms with Gasteiger partial charge >= 0.3 is 0 Å². The van der Waals surface area contributed by atoms with E-state index in [9.17, 15) is 0 Å². The van der Waals surface area contributed by atoms with E-state index in [-0.39, 0.29) is 0 Å². The van der Waals surface area contributed by atoms with Gasteiger partial charge in [0.25, 0.3) is 0 Å². The van der Waals surface area contributed by atoms with Crippen LogP contribution in [-0.4, -0.2) is 34.0 Å². The molecule has 138 valence electrons. The molecule has 1 N–H and O–H groups in total. The Bertz CT molecular complexity index is 914. The zero-order valence-electron chi connectivity index (χ0n) is 15.7. The second kappa shape index (κ2) is 8.08. The quantitative estimate of drug-likeness (QED) is 0.575. The zero-order chi connectivity index (χ0) is 18.5. The van der Waals surface area contributed by atoms with Crippen molar-refractivity contribution in [3.63, 3.8) is 0 Å². The molecule has 27 heavy (non-hydrogen) atoms. The lowest BCUT2D eigenvalue weighted by atomic mass is 10.0. The lowest BCUT2D eigenvalue weighted by molar-refractivity contribution is 0.378. The van der Waals surface area contributed by atoms with Gasteiger partial charge in [-0.25, -0.2) is 4.98 Å². The van der Waals surface area contributed by atoms with E-state index in [1.165, 1.54) is 22.3 Å². The average molecular weight is 359 g/mol. The molecule has 0 atom stereocenters. The van der Waals surface area contributed by atoms with Crippen molar-refractivity contribution in [1.29, 1.82) is 0 Å². The molecular weight excluding hydrogens is 334 g/mol. The predicted octanol–water partition coefficient (Wildman–Crippen LogP) is 3.07. The summed E-state index contributed by atoms with van der Waals surface area (Å²) in [5.41, 5.74) is 5.38.